The first-order chi connectivity index (χ1) is 13.5. The van der Waals surface area contributed by atoms with Crippen molar-refractivity contribution in [2.75, 3.05) is 31.2 Å². The lowest BCUT2D eigenvalue weighted by Gasteiger charge is -2.56. The highest BCUT2D eigenvalue weighted by atomic mass is 16.5. The number of hydrogen-bond acceptors (Lipinski definition) is 5. The molecule has 152 valence electrons. The van der Waals surface area contributed by atoms with Gasteiger partial charge in [-0.3, -0.25) is 4.79 Å². The fourth-order valence-electron chi connectivity index (χ4n) is 6.52. The minimum Gasteiger partial charge on any atom is -0.378 e. The number of rotatable bonds is 4. The molecule has 0 radical (unpaired) electrons. The van der Waals surface area contributed by atoms with Crippen LogP contribution in [0, 0.1) is 17.8 Å². The first kappa shape index (κ1) is 18.3. The van der Waals surface area contributed by atoms with Gasteiger partial charge < -0.3 is 15.0 Å². The predicted octanol–water partition coefficient (Wildman–Crippen LogP) is 3.14. The molecule has 0 atom stereocenters. The van der Waals surface area contributed by atoms with Gasteiger partial charge >= 0.3 is 0 Å². The van der Waals surface area contributed by atoms with Crippen molar-refractivity contribution >= 4 is 11.7 Å². The summed E-state index contributed by atoms with van der Waals surface area (Å²) >= 11 is 0. The molecule has 28 heavy (non-hydrogen) atoms. The van der Waals surface area contributed by atoms with E-state index in [9.17, 15) is 4.79 Å². The lowest BCUT2D eigenvalue weighted by molar-refractivity contribution is -0.0168. The van der Waals surface area contributed by atoms with E-state index in [2.05, 4.69) is 40.3 Å². The molecule has 6 heteroatoms. The fraction of sp³-hybridized carbons (Fsp3) is 0.773. The van der Waals surface area contributed by atoms with Gasteiger partial charge in [0.15, 0.2) is 11.5 Å². The van der Waals surface area contributed by atoms with Gasteiger partial charge in [0.1, 0.15) is 0 Å². The molecule has 4 saturated carbocycles. The molecule has 1 amide bonds. The van der Waals surface area contributed by atoms with Crippen molar-refractivity contribution in [1.82, 2.24) is 15.5 Å². The van der Waals surface area contributed by atoms with Crippen molar-refractivity contribution in [1.29, 1.82) is 0 Å². The number of anilines is 1. The van der Waals surface area contributed by atoms with Gasteiger partial charge in [0.25, 0.3) is 5.91 Å². The third-order valence-corrected chi connectivity index (χ3v) is 7.40. The highest BCUT2D eigenvalue weighted by Crippen LogP contribution is 2.55. The molecule has 0 spiro atoms. The fourth-order valence-corrected chi connectivity index (χ4v) is 6.52. The van der Waals surface area contributed by atoms with E-state index in [1.807, 2.05) is 0 Å². The number of nitrogens with one attached hydrogen (secondary N) is 1. The van der Waals surface area contributed by atoms with E-state index in [1.165, 1.54) is 19.3 Å². The molecule has 6 rings (SSSR count). The minimum absolute atomic E-state index is 0.00461. The van der Waals surface area contributed by atoms with Gasteiger partial charge in [0, 0.05) is 18.6 Å². The van der Waals surface area contributed by atoms with E-state index in [0.29, 0.717) is 18.9 Å². The van der Waals surface area contributed by atoms with Crippen molar-refractivity contribution in [3.05, 3.63) is 17.3 Å². The Morgan fingerprint density at radius 3 is 2.29 bits per heavy atom. The molecule has 1 N–H and O–H groups in total. The Kier molecular flexibility index (Phi) is 4.57. The van der Waals surface area contributed by atoms with E-state index in [-0.39, 0.29) is 17.4 Å². The Hall–Kier alpha value is -1.69. The number of ether oxygens (including phenoxy) is 1. The van der Waals surface area contributed by atoms with Crippen molar-refractivity contribution in [2.45, 2.75) is 63.8 Å². The third kappa shape index (κ3) is 3.30. The number of hydrogen-bond donors (Lipinski definition) is 1. The van der Waals surface area contributed by atoms with E-state index in [0.717, 1.165) is 61.5 Å². The smallest absolute Gasteiger partial charge is 0.272 e. The Bertz CT molecular complexity index is 722. The molecule has 0 unspecified atom stereocenters. The molecular formula is C22H32N4O2. The van der Waals surface area contributed by atoms with Gasteiger partial charge in [-0.2, -0.15) is 0 Å². The molecule has 4 aliphatic carbocycles. The molecule has 1 aliphatic heterocycles. The lowest BCUT2D eigenvalue weighted by Crippen LogP contribution is -2.60. The van der Waals surface area contributed by atoms with Crippen LogP contribution in [0.25, 0.3) is 0 Å². The Labute approximate surface area is 167 Å². The zero-order chi connectivity index (χ0) is 19.3. The maximum atomic E-state index is 13.3. The van der Waals surface area contributed by atoms with Crippen LogP contribution in [0.4, 0.5) is 5.82 Å². The molecule has 0 aromatic carbocycles. The third-order valence-electron chi connectivity index (χ3n) is 7.40. The number of nitrogens with zero attached hydrogens (tertiary/aromatic N) is 3. The Morgan fingerprint density at radius 1 is 1.11 bits per heavy atom. The average molecular weight is 385 g/mol. The van der Waals surface area contributed by atoms with Crippen LogP contribution < -0.4 is 10.2 Å². The second kappa shape index (κ2) is 6.97. The summed E-state index contributed by atoms with van der Waals surface area (Å²) in [5.41, 5.74) is 1.52. The zero-order valence-corrected chi connectivity index (χ0v) is 17.1. The number of carbonyl (C=O) groups is 1. The van der Waals surface area contributed by atoms with Crippen LogP contribution in [0.3, 0.4) is 0 Å². The van der Waals surface area contributed by atoms with E-state index < -0.39 is 0 Å². The molecule has 6 nitrogen and oxygen atoms in total. The number of carbonyl (C=O) groups excluding carboxylic acids is 1. The molecule has 1 aromatic rings. The average Bonchev–Trinajstić information content (AvgIpc) is 2.66. The Morgan fingerprint density at radius 2 is 1.71 bits per heavy atom. The normalized spacial score (nSPS) is 34.1. The zero-order valence-electron chi connectivity index (χ0n) is 17.1. The SMILES string of the molecule is CC(C)c1cc(N2CCOCC2)nnc1C(=O)NC12CC3CC(CC(C3)C1)C2. The maximum absolute atomic E-state index is 13.3. The molecule has 2 heterocycles. The van der Waals surface area contributed by atoms with Crippen LogP contribution in [0.2, 0.25) is 0 Å². The van der Waals surface area contributed by atoms with Crippen molar-refractivity contribution < 1.29 is 9.53 Å². The van der Waals surface area contributed by atoms with Crippen molar-refractivity contribution in [3.8, 4) is 0 Å². The van der Waals surface area contributed by atoms with Gasteiger partial charge in [-0.25, -0.2) is 0 Å². The number of aromatic nitrogens is 2. The van der Waals surface area contributed by atoms with Crippen LogP contribution in [0.5, 0.6) is 0 Å². The lowest BCUT2D eigenvalue weighted by atomic mass is 9.53. The van der Waals surface area contributed by atoms with Crippen LogP contribution in [0.15, 0.2) is 6.07 Å². The van der Waals surface area contributed by atoms with Gasteiger partial charge in [-0.1, -0.05) is 13.8 Å². The summed E-state index contributed by atoms with van der Waals surface area (Å²) in [5, 5.41) is 12.3. The molecule has 5 aliphatic rings. The standard InChI is InChI=1S/C22H32N4O2/c1-14(2)18-10-19(26-3-5-28-6-4-26)24-25-20(18)21(27)23-22-11-15-7-16(12-22)9-17(8-15)13-22/h10,14-17H,3-9,11-13H2,1-2H3,(H,23,27). The maximum Gasteiger partial charge on any atom is 0.272 e. The molecule has 1 saturated heterocycles. The van der Waals surface area contributed by atoms with Gasteiger partial charge in [0.2, 0.25) is 0 Å². The molecule has 5 fully saturated rings. The second-order valence-electron chi connectivity index (χ2n) is 9.91. The summed E-state index contributed by atoms with van der Waals surface area (Å²) in [6, 6.07) is 2.07. The minimum atomic E-state index is -0.0216. The highest BCUT2D eigenvalue weighted by molar-refractivity contribution is 5.94. The summed E-state index contributed by atoms with van der Waals surface area (Å²) in [6.45, 7) is 7.33. The molecule has 4 bridgehead atoms. The predicted molar refractivity (Wildman–Crippen MR) is 108 cm³/mol. The molecular weight excluding hydrogens is 352 g/mol. The highest BCUT2D eigenvalue weighted by Gasteiger charge is 2.51. The van der Waals surface area contributed by atoms with Gasteiger partial charge in [-0.15, -0.1) is 10.2 Å². The summed E-state index contributed by atoms with van der Waals surface area (Å²) in [5.74, 6) is 3.50. The number of amides is 1. The van der Waals surface area contributed by atoms with E-state index >= 15 is 0 Å². The van der Waals surface area contributed by atoms with Crippen molar-refractivity contribution in [3.63, 3.8) is 0 Å². The molecule has 1 aromatic heterocycles. The first-order valence-electron chi connectivity index (χ1n) is 11.0. The quantitative estimate of drug-likeness (QED) is 0.864. The largest absolute Gasteiger partial charge is 0.378 e. The summed E-state index contributed by atoms with van der Waals surface area (Å²) < 4.78 is 5.44. The summed E-state index contributed by atoms with van der Waals surface area (Å²) in [4.78, 5) is 15.5. The summed E-state index contributed by atoms with van der Waals surface area (Å²) in [6.07, 6.45) is 7.59. The van der Waals surface area contributed by atoms with Gasteiger partial charge in [-0.05, 0) is 73.8 Å². The van der Waals surface area contributed by atoms with E-state index in [1.54, 1.807) is 0 Å². The second-order valence-corrected chi connectivity index (χ2v) is 9.91. The Balaban J connectivity index is 1.38. The monoisotopic (exact) mass is 384 g/mol. The van der Waals surface area contributed by atoms with Crippen LogP contribution >= 0.6 is 0 Å². The van der Waals surface area contributed by atoms with Gasteiger partial charge in [0.05, 0.1) is 13.2 Å². The van der Waals surface area contributed by atoms with Crippen LogP contribution in [0.1, 0.15) is 74.3 Å². The topological polar surface area (TPSA) is 67.3 Å². The first-order valence-corrected chi connectivity index (χ1v) is 11.0. The van der Waals surface area contributed by atoms with Crippen LogP contribution in [-0.2, 0) is 4.74 Å². The van der Waals surface area contributed by atoms with Crippen molar-refractivity contribution in [2.24, 2.45) is 17.8 Å². The van der Waals surface area contributed by atoms with Crippen LogP contribution in [-0.4, -0.2) is 47.9 Å². The van der Waals surface area contributed by atoms with E-state index in [4.69, 9.17) is 4.74 Å². The summed E-state index contributed by atoms with van der Waals surface area (Å²) in [7, 11) is 0. The number of morpholine rings is 1.